The number of anilines is 4. The molecule has 8 N–H and O–H groups in total. The number of aromatic nitrogens is 4. The van der Waals surface area contributed by atoms with Gasteiger partial charge in [-0.1, -0.05) is 74.2 Å². The van der Waals surface area contributed by atoms with Crippen molar-refractivity contribution in [3.8, 4) is 46.0 Å². The van der Waals surface area contributed by atoms with Gasteiger partial charge in [-0.3, -0.25) is 9.59 Å². The first-order valence-corrected chi connectivity index (χ1v) is 37.5. The summed E-state index contributed by atoms with van der Waals surface area (Å²) in [6.45, 7) is 0.900. The van der Waals surface area contributed by atoms with E-state index in [1.54, 1.807) is 97.1 Å². The van der Waals surface area contributed by atoms with E-state index in [2.05, 4.69) is 54.1 Å². The number of carbonyl (C=O) groups is 6. The van der Waals surface area contributed by atoms with Crippen LogP contribution in [-0.4, -0.2) is 117 Å². The summed E-state index contributed by atoms with van der Waals surface area (Å²) in [7, 11) is 3.88. The SMILES string of the molecule is COC(=O)c1ccc(NCc2cccc3c2OC(F)(F)O3)c(N)c1.COC(=O)c1ccc(NCc2cccc3c2OC(F)(F)O3)c(NC(=O)C2CCC2)c1.COC(=O)c1ccc2c(c1)nc(C1CCC1)n2Cc1cccc2c1OC(F)(F)O2.O=C(O)C1CCC1.O=C(O)c1ccc2c(c1)nc(C1CCC1)n2Cc1cccc2c1OC(F)(F)O2.[Li+].[OH-]. The minimum Gasteiger partial charge on any atom is -0.870 e. The molecule has 28 nitrogen and oxygen atoms in total. The Labute approximate surface area is 689 Å². The number of carbonyl (C=O) groups excluding carboxylic acids is 4. The molecule has 37 heteroatoms. The van der Waals surface area contributed by atoms with E-state index in [0.29, 0.717) is 79.6 Å². The Balaban J connectivity index is 0.000000142. The topological polar surface area (TPSA) is 372 Å². The van der Waals surface area contributed by atoms with Crippen molar-refractivity contribution in [2.75, 3.05) is 43.0 Å². The van der Waals surface area contributed by atoms with Gasteiger partial charge in [0.15, 0.2) is 46.0 Å². The number of hydrogen-bond donors (Lipinski definition) is 6. The Bertz CT molecular complexity index is 5540. The second-order valence-corrected chi connectivity index (χ2v) is 28.6. The number of halogens is 8. The van der Waals surface area contributed by atoms with Crippen LogP contribution in [0.25, 0.3) is 22.1 Å². The number of amides is 1. The van der Waals surface area contributed by atoms with Crippen molar-refractivity contribution in [1.82, 2.24) is 19.1 Å². The number of para-hydroxylation sites is 4. The number of hydrogen-bond acceptors (Lipinski definition) is 23. The molecule has 4 aliphatic carbocycles. The number of aromatic carboxylic acids is 1. The summed E-state index contributed by atoms with van der Waals surface area (Å²) in [6, 6.07) is 38.2. The summed E-state index contributed by atoms with van der Waals surface area (Å²) in [5.41, 5.74) is 13.8. The Morgan fingerprint density at radius 1 is 0.442 bits per heavy atom. The number of benzene rings is 8. The molecule has 8 aromatic carbocycles. The Morgan fingerprint density at radius 2 is 0.792 bits per heavy atom. The minimum atomic E-state index is -3.71. The number of esters is 3. The molecular weight excluding hydrogens is 1590 g/mol. The van der Waals surface area contributed by atoms with Gasteiger partial charge < -0.3 is 98.6 Å². The van der Waals surface area contributed by atoms with E-state index in [4.69, 9.17) is 34.8 Å². The van der Waals surface area contributed by atoms with Gasteiger partial charge in [0, 0.05) is 53.1 Å². The van der Waals surface area contributed by atoms with Crippen molar-refractivity contribution in [2.45, 2.75) is 140 Å². The van der Waals surface area contributed by atoms with Crippen LogP contribution in [-0.2, 0) is 50.0 Å². The van der Waals surface area contributed by atoms with Crippen molar-refractivity contribution in [2.24, 2.45) is 11.8 Å². The maximum absolute atomic E-state index is 13.6. The fraction of sp³-hybridized carbons (Fsp3) is 0.325. The molecular formula is C83H77F8LiN8O20. The molecule has 18 rings (SSSR count). The zero-order valence-corrected chi connectivity index (χ0v) is 64.7. The Morgan fingerprint density at radius 3 is 1.15 bits per heavy atom. The number of nitrogens with zero attached hydrogens (tertiary/aromatic N) is 4. The molecule has 8 aliphatic rings. The molecule has 120 heavy (non-hydrogen) atoms. The molecule has 1 amide bonds. The maximum Gasteiger partial charge on any atom is 1.00 e. The van der Waals surface area contributed by atoms with E-state index in [-0.39, 0.29) is 125 Å². The van der Waals surface area contributed by atoms with Gasteiger partial charge in [0.1, 0.15) is 11.6 Å². The molecule has 626 valence electrons. The largest absolute Gasteiger partial charge is 1.00 e. The van der Waals surface area contributed by atoms with E-state index < -0.39 is 55.0 Å². The number of methoxy groups -OCH3 is 3. The van der Waals surface area contributed by atoms with Crippen LogP contribution < -0.4 is 78.4 Å². The zero-order chi connectivity index (χ0) is 83.5. The first-order chi connectivity index (χ1) is 56.4. The predicted octanol–water partition coefficient (Wildman–Crippen LogP) is 13.7. The molecule has 0 bridgehead atoms. The number of aliphatic carboxylic acids is 1. The number of carboxylic acid groups (broad SMARTS) is 2. The third kappa shape index (κ3) is 19.4. The third-order valence-electron chi connectivity index (χ3n) is 20.9. The molecule has 2 aromatic heterocycles. The summed E-state index contributed by atoms with van der Waals surface area (Å²) >= 11 is 0. The van der Waals surface area contributed by atoms with Crippen LogP contribution in [0.3, 0.4) is 0 Å². The van der Waals surface area contributed by atoms with Crippen LogP contribution in [0.15, 0.2) is 146 Å². The number of ether oxygens (including phenoxy) is 11. The molecule has 0 spiro atoms. The first kappa shape index (κ1) is 86.7. The summed E-state index contributed by atoms with van der Waals surface area (Å²) in [5.74, 6) is -0.986. The number of rotatable bonds is 19. The number of alkyl halides is 8. The van der Waals surface area contributed by atoms with Gasteiger partial charge >= 0.3 is 73.9 Å². The Hall–Kier alpha value is -12.7. The van der Waals surface area contributed by atoms with Crippen LogP contribution in [0.5, 0.6) is 46.0 Å². The number of nitrogen functional groups attached to an aromatic ring is 1. The van der Waals surface area contributed by atoms with Crippen LogP contribution in [0.1, 0.15) is 164 Å². The van der Waals surface area contributed by atoms with Gasteiger partial charge in [0.2, 0.25) is 5.91 Å². The number of nitrogens with two attached hydrogens (primary N) is 1. The average molecular weight is 1670 g/mol. The van der Waals surface area contributed by atoms with Gasteiger partial charge in [0.25, 0.3) is 0 Å². The third-order valence-corrected chi connectivity index (χ3v) is 20.9. The molecule has 4 saturated carbocycles. The molecule has 0 radical (unpaired) electrons. The molecule has 6 heterocycles. The van der Waals surface area contributed by atoms with Crippen molar-refractivity contribution >= 4 is 80.6 Å². The van der Waals surface area contributed by atoms with Gasteiger partial charge in [-0.15, -0.1) is 35.1 Å². The van der Waals surface area contributed by atoms with Crippen molar-refractivity contribution < 1.29 is 151 Å². The molecule has 4 fully saturated rings. The summed E-state index contributed by atoms with van der Waals surface area (Å²) < 4.78 is 162. The van der Waals surface area contributed by atoms with Gasteiger partial charge in [0.05, 0.1) is 107 Å². The van der Waals surface area contributed by atoms with Crippen molar-refractivity contribution in [3.63, 3.8) is 0 Å². The summed E-state index contributed by atoms with van der Waals surface area (Å²) in [5, 5.41) is 26.4. The van der Waals surface area contributed by atoms with Crippen LogP contribution in [0.2, 0.25) is 0 Å². The minimum absolute atomic E-state index is 0. The predicted molar refractivity (Wildman–Crippen MR) is 407 cm³/mol. The number of fused-ring (bicyclic) bond motifs is 6. The fourth-order valence-electron chi connectivity index (χ4n) is 13.9. The number of imidazole rings is 2. The summed E-state index contributed by atoms with van der Waals surface area (Å²) in [6.07, 6.45) is -2.86. The van der Waals surface area contributed by atoms with E-state index in [1.165, 1.54) is 63.8 Å². The van der Waals surface area contributed by atoms with E-state index in [1.807, 2.05) is 15.2 Å². The number of carboxylic acids is 2. The second-order valence-electron chi connectivity index (χ2n) is 28.6. The van der Waals surface area contributed by atoms with Crippen molar-refractivity contribution in [1.29, 1.82) is 0 Å². The second kappa shape index (κ2) is 35.9. The zero-order valence-electron chi connectivity index (χ0n) is 64.7. The monoisotopic (exact) mass is 1660 g/mol. The smallest absolute Gasteiger partial charge is 0.870 e. The molecule has 4 aliphatic heterocycles. The van der Waals surface area contributed by atoms with Gasteiger partial charge in [-0.25, -0.2) is 29.1 Å². The van der Waals surface area contributed by atoms with Gasteiger partial charge in [-0.2, -0.15) is 0 Å². The number of nitrogens with one attached hydrogen (secondary N) is 3. The molecule has 0 saturated heterocycles. The average Bonchev–Trinajstić information content (AvgIpc) is 1.61. The van der Waals surface area contributed by atoms with Crippen molar-refractivity contribution in [3.05, 3.63) is 202 Å². The molecule has 0 unspecified atom stereocenters. The van der Waals surface area contributed by atoms with Crippen LogP contribution >= 0.6 is 0 Å². The van der Waals surface area contributed by atoms with E-state index >= 15 is 0 Å². The van der Waals surface area contributed by atoms with Crippen LogP contribution in [0.4, 0.5) is 57.9 Å². The van der Waals surface area contributed by atoms with Gasteiger partial charge in [-0.05, 0) is 148 Å². The molecule has 10 aromatic rings. The van der Waals surface area contributed by atoms with E-state index in [0.717, 1.165) is 99.7 Å². The van der Waals surface area contributed by atoms with Crippen LogP contribution in [0, 0.1) is 11.8 Å². The quantitative estimate of drug-likeness (QED) is 0.0144. The Kier molecular flexibility index (Phi) is 25.9. The molecule has 0 atom stereocenters. The van der Waals surface area contributed by atoms with E-state index in [9.17, 15) is 69.0 Å². The summed E-state index contributed by atoms with van der Waals surface area (Å²) in [4.78, 5) is 78.3. The standard InChI is InChI=1S/C21H20F2N2O5.C21H18F2N2O4.C20H16F2N2O4.C16H14F2N2O4.C5H8O2.Li.H2O/c1-28-20(27)13-8-9-15(16(10-13)25-19(26)12-4-2-5-12)24-11-14-6-3-7-17-18(14)30-21(22,23)29-17;1-27-20(26)13-8-9-16-15(10-13)24-19(12-4-2-5-12)25(16)11-14-6-3-7-17-18(14)29-21(22,23)28-17;21-20(22)27-16-6-2-5-13(17(16)28-20)10-24-15-8-7-12(19(25)26)9-14(15)23-18(24)11-3-1-4-11;1-22-15(21)9-5-6-12(11(19)7-9)20-8-10-3-2-4-13-14(10)24-16(17,18)23-13;6-5(7)4-2-1-3-4;;/h3,6-10,12,24H,2,4-5,11H2,1H3,(H,25,26);3,6-10,12H,2,4-5,11H2,1H3;2,5-9,11H,1,3-4,10H2,(H,25,26);2-7,20H,8,19H2,1H3;4H,1-3H2,(H,6,7);;1H2/q;;;;;+1;/p-1. The first-order valence-electron chi connectivity index (χ1n) is 37.5. The normalized spacial score (nSPS) is 16.5. The fourth-order valence-corrected chi connectivity index (χ4v) is 13.9. The maximum atomic E-state index is 13.6.